The third-order valence-corrected chi connectivity index (χ3v) is 5.91. The summed E-state index contributed by atoms with van der Waals surface area (Å²) in [4.78, 5) is 16.5. The molecule has 1 aliphatic rings. The molecule has 1 saturated carbocycles. The maximum atomic E-state index is 12.2. The summed E-state index contributed by atoms with van der Waals surface area (Å²) in [6.07, 6.45) is 4.17. The molecule has 2 aromatic rings. The fourth-order valence-electron chi connectivity index (χ4n) is 3.59. The van der Waals surface area contributed by atoms with Gasteiger partial charge in [0.05, 0.1) is 7.11 Å². The van der Waals surface area contributed by atoms with Gasteiger partial charge in [-0.1, -0.05) is 37.6 Å². The van der Waals surface area contributed by atoms with Crippen LogP contribution in [0.3, 0.4) is 0 Å². The number of carbonyl (C=O) groups is 1. The Bertz CT molecular complexity index is 882. The van der Waals surface area contributed by atoms with Crippen LogP contribution in [0.25, 0.3) is 0 Å². The second-order valence-electron chi connectivity index (χ2n) is 8.13. The third kappa shape index (κ3) is 7.69. The van der Waals surface area contributed by atoms with E-state index in [1.54, 1.807) is 14.2 Å². The zero-order chi connectivity index (χ0) is 22.1. The number of amides is 1. The van der Waals surface area contributed by atoms with Crippen LogP contribution in [-0.2, 0) is 11.3 Å². The first kappa shape index (κ1) is 26.0. The number of guanidine groups is 1. The maximum Gasteiger partial charge on any atom is 0.227 e. The number of nitrogens with one attached hydrogen (secondary N) is 3. The zero-order valence-electron chi connectivity index (χ0n) is 19.2. The first-order valence-corrected chi connectivity index (χ1v) is 11.1. The number of rotatable bonds is 9. The first-order chi connectivity index (χ1) is 15.1. The second kappa shape index (κ2) is 13.3. The minimum atomic E-state index is 0. The topological polar surface area (TPSA) is 74.8 Å². The first-order valence-electron chi connectivity index (χ1n) is 11.1. The van der Waals surface area contributed by atoms with Gasteiger partial charge >= 0.3 is 0 Å². The summed E-state index contributed by atoms with van der Waals surface area (Å²) >= 11 is 0. The molecule has 174 valence electrons. The number of hydrogen-bond acceptors (Lipinski definition) is 3. The molecule has 0 bridgehead atoms. The Morgan fingerprint density at radius 1 is 1.16 bits per heavy atom. The molecule has 2 aromatic carbocycles. The Morgan fingerprint density at radius 3 is 2.53 bits per heavy atom. The number of benzene rings is 2. The van der Waals surface area contributed by atoms with Crippen LogP contribution in [0, 0.1) is 5.92 Å². The number of nitrogens with zero attached hydrogens (tertiary/aromatic N) is 1. The lowest BCUT2D eigenvalue weighted by atomic mass is 9.85. The Hall–Kier alpha value is -2.29. The Labute approximate surface area is 208 Å². The highest BCUT2D eigenvalue weighted by molar-refractivity contribution is 14.0. The summed E-state index contributed by atoms with van der Waals surface area (Å²) in [6, 6.07) is 16.2. The average molecular weight is 550 g/mol. The van der Waals surface area contributed by atoms with E-state index < -0.39 is 0 Å². The van der Waals surface area contributed by atoms with E-state index >= 15 is 0 Å². The molecule has 6 nitrogen and oxygen atoms in total. The van der Waals surface area contributed by atoms with Gasteiger partial charge in [0.25, 0.3) is 0 Å². The summed E-state index contributed by atoms with van der Waals surface area (Å²) in [7, 11) is 3.46. The molecular formula is C25H35IN4O2. The van der Waals surface area contributed by atoms with E-state index in [2.05, 4.69) is 40.0 Å². The van der Waals surface area contributed by atoms with Gasteiger partial charge in [0.15, 0.2) is 5.96 Å². The summed E-state index contributed by atoms with van der Waals surface area (Å²) in [5, 5.41) is 9.77. The minimum absolute atomic E-state index is 0. The molecule has 32 heavy (non-hydrogen) atoms. The van der Waals surface area contributed by atoms with Crippen molar-refractivity contribution in [1.29, 1.82) is 0 Å². The quantitative estimate of drug-likeness (QED) is 0.236. The van der Waals surface area contributed by atoms with Gasteiger partial charge in [-0.25, -0.2) is 0 Å². The van der Waals surface area contributed by atoms with Crippen molar-refractivity contribution in [3.05, 3.63) is 59.7 Å². The fourth-order valence-corrected chi connectivity index (χ4v) is 3.59. The van der Waals surface area contributed by atoms with Crippen LogP contribution in [0.4, 0.5) is 5.69 Å². The van der Waals surface area contributed by atoms with Gasteiger partial charge in [0.1, 0.15) is 5.75 Å². The van der Waals surface area contributed by atoms with Crippen molar-refractivity contribution < 1.29 is 9.53 Å². The van der Waals surface area contributed by atoms with Crippen LogP contribution in [0.2, 0.25) is 0 Å². The molecule has 1 atom stereocenters. The van der Waals surface area contributed by atoms with Crippen molar-refractivity contribution in [2.24, 2.45) is 10.9 Å². The Balaban J connectivity index is 0.00000363. The van der Waals surface area contributed by atoms with Gasteiger partial charge < -0.3 is 20.7 Å². The lowest BCUT2D eigenvalue weighted by Crippen LogP contribution is -2.37. The van der Waals surface area contributed by atoms with Crippen molar-refractivity contribution in [3.63, 3.8) is 0 Å². The van der Waals surface area contributed by atoms with Crippen molar-refractivity contribution >= 4 is 41.5 Å². The maximum absolute atomic E-state index is 12.2. The second-order valence-corrected chi connectivity index (χ2v) is 8.13. The SMILES string of the molecule is CN=C(NCCC(C)c1ccc(OC)cc1)NCc1cccc(NC(=O)C2CCC2)c1.I. The molecule has 0 heterocycles. The number of aliphatic imine (C=N–C) groups is 1. The van der Waals surface area contributed by atoms with Crippen LogP contribution in [0.5, 0.6) is 5.75 Å². The predicted octanol–water partition coefficient (Wildman–Crippen LogP) is 4.91. The zero-order valence-corrected chi connectivity index (χ0v) is 21.5. The normalized spacial score (nSPS) is 14.5. The molecule has 0 spiro atoms. The molecule has 1 aliphatic carbocycles. The van der Waals surface area contributed by atoms with Crippen molar-refractivity contribution in [3.8, 4) is 5.75 Å². The van der Waals surface area contributed by atoms with Gasteiger partial charge in [-0.15, -0.1) is 24.0 Å². The van der Waals surface area contributed by atoms with Crippen molar-refractivity contribution in [2.75, 3.05) is 26.0 Å². The number of carbonyl (C=O) groups excluding carboxylic acids is 1. The van der Waals surface area contributed by atoms with Gasteiger partial charge in [-0.05, 0) is 60.6 Å². The number of hydrogen-bond donors (Lipinski definition) is 3. The van der Waals surface area contributed by atoms with Crippen LogP contribution >= 0.6 is 24.0 Å². The molecule has 1 amide bonds. The summed E-state index contributed by atoms with van der Waals surface area (Å²) in [5.74, 6) is 2.41. The molecule has 0 saturated heterocycles. The Kier molecular flexibility index (Phi) is 10.8. The van der Waals surface area contributed by atoms with Crippen LogP contribution in [0.1, 0.15) is 49.7 Å². The molecule has 3 rings (SSSR count). The van der Waals surface area contributed by atoms with Crippen LogP contribution in [-0.4, -0.2) is 32.6 Å². The number of halogens is 1. The minimum Gasteiger partial charge on any atom is -0.497 e. The van der Waals surface area contributed by atoms with E-state index in [4.69, 9.17) is 4.74 Å². The van der Waals surface area contributed by atoms with Crippen molar-refractivity contribution in [2.45, 2.75) is 45.1 Å². The smallest absolute Gasteiger partial charge is 0.227 e. The summed E-state index contributed by atoms with van der Waals surface area (Å²) in [6.45, 7) is 3.69. The van der Waals surface area contributed by atoms with E-state index in [-0.39, 0.29) is 35.8 Å². The van der Waals surface area contributed by atoms with Crippen LogP contribution < -0.4 is 20.7 Å². The molecule has 0 aliphatic heterocycles. The number of anilines is 1. The largest absolute Gasteiger partial charge is 0.497 e. The molecule has 7 heteroatoms. The van der Waals surface area contributed by atoms with E-state index in [9.17, 15) is 4.79 Å². The molecule has 1 unspecified atom stereocenters. The van der Waals surface area contributed by atoms with E-state index in [1.165, 1.54) is 5.56 Å². The van der Waals surface area contributed by atoms with Crippen LogP contribution in [0.15, 0.2) is 53.5 Å². The van der Waals surface area contributed by atoms with Gasteiger partial charge in [0.2, 0.25) is 5.91 Å². The van der Waals surface area contributed by atoms with Crippen molar-refractivity contribution in [1.82, 2.24) is 10.6 Å². The summed E-state index contributed by atoms with van der Waals surface area (Å²) < 4.78 is 5.23. The van der Waals surface area contributed by atoms with Gasteiger partial charge in [-0.2, -0.15) is 0 Å². The lowest BCUT2D eigenvalue weighted by Gasteiger charge is -2.24. The third-order valence-electron chi connectivity index (χ3n) is 5.91. The Morgan fingerprint density at radius 2 is 1.91 bits per heavy atom. The molecule has 0 aromatic heterocycles. The lowest BCUT2D eigenvalue weighted by molar-refractivity contribution is -0.122. The highest BCUT2D eigenvalue weighted by Gasteiger charge is 2.25. The van der Waals surface area contributed by atoms with E-state index in [0.717, 1.165) is 55.2 Å². The number of ether oxygens (including phenoxy) is 1. The molecular weight excluding hydrogens is 515 g/mol. The van der Waals surface area contributed by atoms with Gasteiger partial charge in [0, 0.05) is 31.7 Å². The highest BCUT2D eigenvalue weighted by Crippen LogP contribution is 2.27. The van der Waals surface area contributed by atoms with E-state index in [1.807, 2.05) is 36.4 Å². The highest BCUT2D eigenvalue weighted by atomic mass is 127. The predicted molar refractivity (Wildman–Crippen MR) is 142 cm³/mol. The molecule has 3 N–H and O–H groups in total. The molecule has 0 radical (unpaired) electrons. The average Bonchev–Trinajstić information content (AvgIpc) is 2.75. The monoisotopic (exact) mass is 550 g/mol. The summed E-state index contributed by atoms with van der Waals surface area (Å²) in [5.41, 5.74) is 3.25. The standard InChI is InChI=1S/C25H34N4O2.HI/c1-18(20-10-12-23(31-3)13-11-20)14-15-27-25(26-2)28-17-19-6-4-9-22(16-19)29-24(30)21-7-5-8-21;/h4,6,9-13,16,18,21H,5,7-8,14-15,17H2,1-3H3,(H,29,30)(H2,26,27,28);1H. The molecule has 1 fully saturated rings. The number of methoxy groups -OCH3 is 1. The van der Waals surface area contributed by atoms with E-state index in [0.29, 0.717) is 12.5 Å². The fraction of sp³-hybridized carbons (Fsp3) is 0.440. The van der Waals surface area contributed by atoms with Gasteiger partial charge in [-0.3, -0.25) is 9.79 Å².